The van der Waals surface area contributed by atoms with Crippen LogP contribution in [0.3, 0.4) is 0 Å². The number of fused-ring (bicyclic) bond motifs is 1. The highest BCUT2D eigenvalue weighted by atomic mass is 35.5. The van der Waals surface area contributed by atoms with Crippen LogP contribution in [0.2, 0.25) is 5.02 Å². The molecule has 2 heterocycles. The van der Waals surface area contributed by atoms with E-state index in [1.165, 1.54) is 5.56 Å². The van der Waals surface area contributed by atoms with Gasteiger partial charge in [-0.05, 0) is 54.7 Å². The predicted octanol–water partition coefficient (Wildman–Crippen LogP) is 4.34. The molecule has 0 aliphatic carbocycles. The molecule has 9 heteroatoms. The number of piperazine rings is 1. The SMILES string of the molecule is CCOC(=O)C[C@@H](Cc1ccccc1Cl)NC(=O)CN1CCc2ccc(N3CCN(Cc4ccccc4)CC3)cc2C1=O. The molecule has 3 aromatic carbocycles. The van der Waals surface area contributed by atoms with Crippen LogP contribution in [0.25, 0.3) is 0 Å². The molecular weight excluding hydrogens is 564 g/mol. The summed E-state index contributed by atoms with van der Waals surface area (Å²) in [5, 5.41) is 3.52. The van der Waals surface area contributed by atoms with E-state index in [-0.39, 0.29) is 31.4 Å². The van der Waals surface area contributed by atoms with Gasteiger partial charge in [-0.15, -0.1) is 0 Å². The maximum atomic E-state index is 13.6. The van der Waals surface area contributed by atoms with Gasteiger partial charge < -0.3 is 19.9 Å². The molecular formula is C34H39ClN4O4. The summed E-state index contributed by atoms with van der Waals surface area (Å²) < 4.78 is 5.13. The number of nitrogens with one attached hydrogen (secondary N) is 1. The summed E-state index contributed by atoms with van der Waals surface area (Å²) in [7, 11) is 0. The van der Waals surface area contributed by atoms with Crippen LogP contribution in [0.4, 0.5) is 5.69 Å². The lowest BCUT2D eigenvalue weighted by molar-refractivity contribution is -0.143. The number of esters is 1. The number of rotatable bonds is 11. The number of ether oxygens (including phenoxy) is 1. The second kappa shape index (κ2) is 14.5. The van der Waals surface area contributed by atoms with Crippen molar-refractivity contribution in [1.29, 1.82) is 0 Å². The summed E-state index contributed by atoms with van der Waals surface area (Å²) in [6.45, 7) is 7.01. The van der Waals surface area contributed by atoms with E-state index >= 15 is 0 Å². The molecule has 2 amide bonds. The Morgan fingerprint density at radius 2 is 1.70 bits per heavy atom. The fourth-order valence-electron chi connectivity index (χ4n) is 5.83. The first-order valence-electron chi connectivity index (χ1n) is 15.0. The van der Waals surface area contributed by atoms with Crippen LogP contribution < -0.4 is 10.2 Å². The van der Waals surface area contributed by atoms with Gasteiger partial charge in [0.25, 0.3) is 5.91 Å². The number of nitrogens with zero attached hydrogens (tertiary/aromatic N) is 3. The van der Waals surface area contributed by atoms with Crippen molar-refractivity contribution in [1.82, 2.24) is 15.1 Å². The molecule has 0 spiro atoms. The highest BCUT2D eigenvalue weighted by Gasteiger charge is 2.28. The van der Waals surface area contributed by atoms with Gasteiger partial charge in [0.1, 0.15) is 0 Å². The average molecular weight is 603 g/mol. The first-order chi connectivity index (χ1) is 20.9. The second-order valence-corrected chi connectivity index (χ2v) is 11.5. The lowest BCUT2D eigenvalue weighted by atomic mass is 9.97. The minimum absolute atomic E-state index is 0.0174. The molecule has 0 unspecified atom stereocenters. The number of carbonyl (C=O) groups excluding carboxylic acids is 3. The summed E-state index contributed by atoms with van der Waals surface area (Å²) in [5.41, 5.74) is 4.84. The summed E-state index contributed by atoms with van der Waals surface area (Å²) in [6, 6.07) is 23.5. The van der Waals surface area contributed by atoms with Crippen molar-refractivity contribution in [2.24, 2.45) is 0 Å². The Morgan fingerprint density at radius 1 is 0.953 bits per heavy atom. The minimum Gasteiger partial charge on any atom is -0.466 e. The first kappa shape index (κ1) is 30.6. The zero-order valence-electron chi connectivity index (χ0n) is 24.6. The minimum atomic E-state index is -0.509. The lowest BCUT2D eigenvalue weighted by Crippen LogP contribution is -2.48. The van der Waals surface area contributed by atoms with Gasteiger partial charge in [-0.1, -0.05) is 66.2 Å². The Labute approximate surface area is 258 Å². The monoisotopic (exact) mass is 602 g/mol. The summed E-state index contributed by atoms with van der Waals surface area (Å²) >= 11 is 6.35. The summed E-state index contributed by atoms with van der Waals surface area (Å²) in [6.07, 6.45) is 1.08. The number of halogens is 1. The Bertz CT molecular complexity index is 1420. The number of hydrogen-bond donors (Lipinski definition) is 1. The van der Waals surface area contributed by atoms with Gasteiger partial charge in [-0.25, -0.2) is 0 Å². The third-order valence-electron chi connectivity index (χ3n) is 8.09. The Morgan fingerprint density at radius 3 is 2.44 bits per heavy atom. The van der Waals surface area contributed by atoms with Crippen LogP contribution in [0.5, 0.6) is 0 Å². The van der Waals surface area contributed by atoms with Gasteiger partial charge in [-0.2, -0.15) is 0 Å². The molecule has 5 rings (SSSR count). The highest BCUT2D eigenvalue weighted by Crippen LogP contribution is 2.26. The van der Waals surface area contributed by atoms with Gasteiger partial charge in [0, 0.05) is 61.6 Å². The molecule has 2 aliphatic heterocycles. The van der Waals surface area contributed by atoms with E-state index in [1.807, 2.05) is 30.3 Å². The molecule has 1 atom stereocenters. The smallest absolute Gasteiger partial charge is 0.307 e. The fraction of sp³-hybridized carbons (Fsp3) is 0.382. The number of hydrogen-bond acceptors (Lipinski definition) is 6. The molecule has 1 fully saturated rings. The van der Waals surface area contributed by atoms with E-state index in [4.69, 9.17) is 16.3 Å². The molecule has 226 valence electrons. The van der Waals surface area contributed by atoms with Crippen molar-refractivity contribution in [3.8, 4) is 0 Å². The maximum absolute atomic E-state index is 13.6. The maximum Gasteiger partial charge on any atom is 0.307 e. The number of carbonyl (C=O) groups is 3. The molecule has 1 N–H and O–H groups in total. The number of benzene rings is 3. The Kier molecular flexibility index (Phi) is 10.3. The Balaban J connectivity index is 1.19. The lowest BCUT2D eigenvalue weighted by Gasteiger charge is -2.37. The molecule has 1 saturated heterocycles. The van der Waals surface area contributed by atoms with Crippen LogP contribution in [0.15, 0.2) is 72.8 Å². The van der Waals surface area contributed by atoms with Crippen molar-refractivity contribution in [2.45, 2.75) is 38.8 Å². The molecule has 0 bridgehead atoms. The molecule has 0 radical (unpaired) electrons. The molecule has 0 aromatic heterocycles. The quantitative estimate of drug-likeness (QED) is 0.329. The average Bonchev–Trinajstić information content (AvgIpc) is 3.00. The third kappa shape index (κ3) is 8.15. The summed E-state index contributed by atoms with van der Waals surface area (Å²) in [5.74, 6) is -0.853. The van der Waals surface area contributed by atoms with Crippen LogP contribution in [0.1, 0.15) is 40.4 Å². The fourth-order valence-corrected chi connectivity index (χ4v) is 6.05. The third-order valence-corrected chi connectivity index (χ3v) is 8.46. The standard InChI is InChI=1S/C34H39ClN4O4/c1-2-43-33(41)21-28(20-27-10-6-7-11-31(27)35)36-32(40)24-39-15-14-26-12-13-29(22-30(26)34(39)42)38-18-16-37(17-19-38)23-25-8-4-3-5-9-25/h3-13,22,28H,2,14-21,23-24H2,1H3,(H,36,40)/t28-/m1/s1. The normalized spacial score (nSPS) is 16.0. The van der Waals surface area contributed by atoms with Crippen molar-refractivity contribution in [3.63, 3.8) is 0 Å². The molecule has 8 nitrogen and oxygen atoms in total. The number of anilines is 1. The van der Waals surface area contributed by atoms with Crippen LogP contribution in [-0.4, -0.2) is 79.5 Å². The van der Waals surface area contributed by atoms with Gasteiger partial charge in [0.05, 0.1) is 19.6 Å². The largest absolute Gasteiger partial charge is 0.466 e. The number of amides is 2. The van der Waals surface area contributed by atoms with E-state index in [0.717, 1.165) is 49.5 Å². The molecule has 43 heavy (non-hydrogen) atoms. The van der Waals surface area contributed by atoms with Gasteiger partial charge in [-0.3, -0.25) is 19.3 Å². The van der Waals surface area contributed by atoms with Crippen LogP contribution >= 0.6 is 11.6 Å². The molecule has 2 aliphatic rings. The van der Waals surface area contributed by atoms with Crippen molar-refractivity contribution in [2.75, 3.05) is 50.8 Å². The van der Waals surface area contributed by atoms with E-state index < -0.39 is 12.0 Å². The van der Waals surface area contributed by atoms with E-state index in [2.05, 4.69) is 51.5 Å². The van der Waals surface area contributed by atoms with Crippen molar-refractivity contribution >= 4 is 35.1 Å². The Hall–Kier alpha value is -3.88. The predicted molar refractivity (Wildman–Crippen MR) is 168 cm³/mol. The van der Waals surface area contributed by atoms with Crippen molar-refractivity contribution in [3.05, 3.63) is 100 Å². The second-order valence-electron chi connectivity index (χ2n) is 11.1. The molecule has 0 saturated carbocycles. The highest BCUT2D eigenvalue weighted by molar-refractivity contribution is 6.31. The topological polar surface area (TPSA) is 82.2 Å². The van der Waals surface area contributed by atoms with Crippen LogP contribution in [-0.2, 0) is 33.7 Å². The van der Waals surface area contributed by atoms with Gasteiger partial charge in [0.2, 0.25) is 5.91 Å². The zero-order chi connectivity index (χ0) is 30.2. The summed E-state index contributed by atoms with van der Waals surface area (Å²) in [4.78, 5) is 45.4. The van der Waals surface area contributed by atoms with Gasteiger partial charge in [0.15, 0.2) is 0 Å². The first-order valence-corrected chi connectivity index (χ1v) is 15.4. The van der Waals surface area contributed by atoms with E-state index in [9.17, 15) is 14.4 Å². The van der Waals surface area contributed by atoms with E-state index in [1.54, 1.807) is 17.9 Å². The van der Waals surface area contributed by atoms with Crippen LogP contribution in [0, 0.1) is 0 Å². The van der Waals surface area contributed by atoms with Crippen molar-refractivity contribution < 1.29 is 19.1 Å². The van der Waals surface area contributed by atoms with E-state index in [0.29, 0.717) is 30.0 Å². The van der Waals surface area contributed by atoms with Gasteiger partial charge >= 0.3 is 5.97 Å². The molecule has 3 aromatic rings. The zero-order valence-corrected chi connectivity index (χ0v) is 25.4.